The van der Waals surface area contributed by atoms with E-state index in [0.717, 1.165) is 5.56 Å². The first kappa shape index (κ1) is 13.0. The van der Waals surface area contributed by atoms with E-state index in [1.807, 2.05) is 0 Å². The minimum absolute atomic E-state index is 0.0474. The van der Waals surface area contributed by atoms with Crippen LogP contribution < -0.4 is 5.73 Å². The van der Waals surface area contributed by atoms with E-state index in [2.05, 4.69) is 15.0 Å². The number of imidazole rings is 1. The van der Waals surface area contributed by atoms with Gasteiger partial charge in [0, 0.05) is 31.5 Å². The van der Waals surface area contributed by atoms with Crippen molar-refractivity contribution in [1.29, 1.82) is 0 Å². The van der Waals surface area contributed by atoms with Crippen molar-refractivity contribution in [3.05, 3.63) is 29.5 Å². The average Bonchev–Trinajstić information content (AvgIpc) is 2.94. The molecule has 2 N–H and O–H groups in total. The largest absolute Gasteiger partial charge is 0.368 e. The summed E-state index contributed by atoms with van der Waals surface area (Å²) in [5, 5.41) is 0.0474. The third-order valence-electron chi connectivity index (χ3n) is 3.34. The lowest BCUT2D eigenvalue weighted by molar-refractivity contribution is 0.427. The van der Waals surface area contributed by atoms with Gasteiger partial charge in [-0.2, -0.15) is 4.31 Å². The van der Waals surface area contributed by atoms with Gasteiger partial charge in [0.25, 0.3) is 10.0 Å². The third-order valence-corrected chi connectivity index (χ3v) is 5.00. The summed E-state index contributed by atoms with van der Waals surface area (Å²) in [5.41, 5.74) is 6.93. The second-order valence-corrected chi connectivity index (χ2v) is 6.60. The molecule has 2 aromatic rings. The van der Waals surface area contributed by atoms with Crippen LogP contribution in [0.15, 0.2) is 17.4 Å². The standard InChI is InChI=1S/C11H14N6O2S/c1-7-14-10(6-16(7)2)20(18,19)17-4-8-3-13-11(12)15-9(8)5-17/h3,6H,4-5H2,1-2H3,(H2,12,13,15). The number of nitrogens with two attached hydrogens (primary N) is 1. The summed E-state index contributed by atoms with van der Waals surface area (Å²) in [4.78, 5) is 12.0. The van der Waals surface area contributed by atoms with Gasteiger partial charge in [0.15, 0.2) is 5.03 Å². The van der Waals surface area contributed by atoms with Crippen LogP contribution in [0.2, 0.25) is 0 Å². The smallest absolute Gasteiger partial charge is 0.262 e. The highest BCUT2D eigenvalue weighted by molar-refractivity contribution is 7.89. The molecule has 0 unspecified atom stereocenters. The Hall–Kier alpha value is -2.00. The van der Waals surface area contributed by atoms with Crippen LogP contribution in [0.4, 0.5) is 5.95 Å². The van der Waals surface area contributed by atoms with Gasteiger partial charge in [-0.3, -0.25) is 0 Å². The molecule has 1 aliphatic rings. The maximum Gasteiger partial charge on any atom is 0.262 e. The maximum absolute atomic E-state index is 12.5. The Kier molecular flexibility index (Phi) is 2.76. The van der Waals surface area contributed by atoms with E-state index in [1.165, 1.54) is 10.5 Å². The normalized spacial score (nSPS) is 15.5. The van der Waals surface area contributed by atoms with Gasteiger partial charge < -0.3 is 10.3 Å². The van der Waals surface area contributed by atoms with Crippen LogP contribution in [0, 0.1) is 6.92 Å². The number of anilines is 1. The van der Waals surface area contributed by atoms with Crippen molar-refractivity contribution in [1.82, 2.24) is 23.8 Å². The van der Waals surface area contributed by atoms with E-state index in [9.17, 15) is 8.42 Å². The SMILES string of the molecule is Cc1nc(S(=O)(=O)N2Cc3cnc(N)nc3C2)cn1C. The lowest BCUT2D eigenvalue weighted by atomic mass is 10.3. The molecule has 0 saturated carbocycles. The zero-order valence-corrected chi connectivity index (χ0v) is 11.9. The number of nitrogens with zero attached hydrogens (tertiary/aromatic N) is 5. The molecule has 1 aliphatic heterocycles. The van der Waals surface area contributed by atoms with Gasteiger partial charge in [-0.25, -0.2) is 23.4 Å². The van der Waals surface area contributed by atoms with E-state index in [0.29, 0.717) is 11.5 Å². The molecular weight excluding hydrogens is 280 g/mol. The molecule has 8 nitrogen and oxygen atoms in total. The topological polar surface area (TPSA) is 107 Å². The minimum atomic E-state index is -3.63. The maximum atomic E-state index is 12.5. The quantitative estimate of drug-likeness (QED) is 0.822. The molecule has 0 atom stereocenters. The minimum Gasteiger partial charge on any atom is -0.368 e. The van der Waals surface area contributed by atoms with Gasteiger partial charge in [0.1, 0.15) is 5.82 Å². The fourth-order valence-corrected chi connectivity index (χ4v) is 3.50. The molecule has 0 radical (unpaired) electrons. The highest BCUT2D eigenvalue weighted by atomic mass is 32.2. The fourth-order valence-electron chi connectivity index (χ4n) is 2.09. The Morgan fingerprint density at radius 2 is 2.05 bits per heavy atom. The van der Waals surface area contributed by atoms with E-state index < -0.39 is 10.0 Å². The van der Waals surface area contributed by atoms with Gasteiger partial charge in [0.2, 0.25) is 5.95 Å². The predicted octanol–water partition coefficient (Wildman–Crippen LogP) is -0.195. The lowest BCUT2D eigenvalue weighted by Crippen LogP contribution is -2.26. The number of aryl methyl sites for hydroxylation is 2. The summed E-state index contributed by atoms with van der Waals surface area (Å²) in [6.45, 7) is 2.19. The summed E-state index contributed by atoms with van der Waals surface area (Å²) in [7, 11) is -1.87. The van der Waals surface area contributed by atoms with E-state index >= 15 is 0 Å². The summed E-state index contributed by atoms with van der Waals surface area (Å²) in [6.07, 6.45) is 3.07. The van der Waals surface area contributed by atoms with Crippen molar-refractivity contribution in [2.75, 3.05) is 5.73 Å². The Balaban J connectivity index is 1.95. The molecule has 2 aromatic heterocycles. The van der Waals surface area contributed by atoms with Crippen LogP contribution in [0.3, 0.4) is 0 Å². The summed E-state index contributed by atoms with van der Waals surface area (Å²) in [5.74, 6) is 0.793. The van der Waals surface area contributed by atoms with Crippen LogP contribution in [-0.4, -0.2) is 32.2 Å². The van der Waals surface area contributed by atoms with Crippen molar-refractivity contribution in [3.8, 4) is 0 Å². The van der Waals surface area contributed by atoms with E-state index in [-0.39, 0.29) is 24.1 Å². The number of hydrogen-bond donors (Lipinski definition) is 1. The zero-order valence-electron chi connectivity index (χ0n) is 11.1. The van der Waals surface area contributed by atoms with E-state index in [4.69, 9.17) is 5.73 Å². The molecular formula is C11H14N6O2S. The second-order valence-electron chi connectivity index (χ2n) is 4.71. The molecule has 0 aromatic carbocycles. The highest BCUT2D eigenvalue weighted by Gasteiger charge is 2.33. The number of fused-ring (bicyclic) bond motifs is 1. The van der Waals surface area contributed by atoms with Gasteiger partial charge in [-0.1, -0.05) is 0 Å². The summed E-state index contributed by atoms with van der Waals surface area (Å²) >= 11 is 0. The molecule has 0 spiro atoms. The molecule has 0 saturated heterocycles. The average molecular weight is 294 g/mol. The molecule has 9 heteroatoms. The number of hydrogen-bond acceptors (Lipinski definition) is 6. The molecule has 0 aliphatic carbocycles. The van der Waals surface area contributed by atoms with Gasteiger partial charge in [-0.05, 0) is 6.92 Å². The Labute approximate surface area is 116 Å². The van der Waals surface area contributed by atoms with Gasteiger partial charge in [-0.15, -0.1) is 0 Å². The zero-order chi connectivity index (χ0) is 14.5. The van der Waals surface area contributed by atoms with Crippen molar-refractivity contribution in [2.24, 2.45) is 7.05 Å². The third kappa shape index (κ3) is 1.95. The predicted molar refractivity (Wildman–Crippen MR) is 70.8 cm³/mol. The first-order valence-corrected chi connectivity index (χ1v) is 7.42. The Morgan fingerprint density at radius 3 is 2.70 bits per heavy atom. The Morgan fingerprint density at radius 1 is 1.30 bits per heavy atom. The van der Waals surface area contributed by atoms with E-state index in [1.54, 1.807) is 24.7 Å². The van der Waals surface area contributed by atoms with Gasteiger partial charge in [0.05, 0.1) is 12.2 Å². The number of nitrogen functional groups attached to an aromatic ring is 1. The van der Waals surface area contributed by atoms with Crippen LogP contribution in [0.5, 0.6) is 0 Å². The first-order valence-electron chi connectivity index (χ1n) is 5.98. The molecule has 0 bridgehead atoms. The molecule has 106 valence electrons. The monoisotopic (exact) mass is 294 g/mol. The number of rotatable bonds is 2. The van der Waals surface area contributed by atoms with Crippen molar-refractivity contribution in [3.63, 3.8) is 0 Å². The number of aromatic nitrogens is 4. The molecule has 0 amide bonds. The molecule has 3 rings (SSSR count). The molecule has 20 heavy (non-hydrogen) atoms. The van der Waals surface area contributed by atoms with Crippen LogP contribution in [0.1, 0.15) is 17.1 Å². The van der Waals surface area contributed by atoms with Crippen LogP contribution in [-0.2, 0) is 30.2 Å². The van der Waals surface area contributed by atoms with Crippen molar-refractivity contribution in [2.45, 2.75) is 25.0 Å². The first-order chi connectivity index (χ1) is 9.38. The summed E-state index contributed by atoms with van der Waals surface area (Å²) < 4.78 is 28.0. The van der Waals surface area contributed by atoms with Crippen molar-refractivity contribution >= 4 is 16.0 Å². The van der Waals surface area contributed by atoms with Crippen LogP contribution >= 0.6 is 0 Å². The lowest BCUT2D eigenvalue weighted by Gasteiger charge is -2.12. The molecule has 3 heterocycles. The molecule has 0 fully saturated rings. The highest BCUT2D eigenvalue weighted by Crippen LogP contribution is 2.26. The van der Waals surface area contributed by atoms with Crippen molar-refractivity contribution < 1.29 is 8.42 Å². The van der Waals surface area contributed by atoms with Crippen LogP contribution in [0.25, 0.3) is 0 Å². The number of sulfonamides is 1. The van der Waals surface area contributed by atoms with Gasteiger partial charge >= 0.3 is 0 Å². The Bertz CT molecular complexity index is 763. The second kappa shape index (κ2) is 4.25. The summed E-state index contributed by atoms with van der Waals surface area (Å²) in [6, 6.07) is 0. The fraction of sp³-hybridized carbons (Fsp3) is 0.364.